The minimum Gasteiger partial charge on any atom is -0.351 e. The summed E-state index contributed by atoms with van der Waals surface area (Å²) in [7, 11) is 0. The highest BCUT2D eigenvalue weighted by Gasteiger charge is 2.34. The zero-order valence-electron chi connectivity index (χ0n) is 18.1. The number of rotatable bonds is 4. The number of hydrogen-bond acceptors (Lipinski definition) is 4. The Hall–Kier alpha value is -3.84. The summed E-state index contributed by atoms with van der Waals surface area (Å²) in [5, 5.41) is 8.09. The lowest BCUT2D eigenvalue weighted by molar-refractivity contribution is 0.404. The highest BCUT2D eigenvalue weighted by molar-refractivity contribution is 7.80. The van der Waals surface area contributed by atoms with Gasteiger partial charge in [-0.05, 0) is 62.0 Å². The zero-order chi connectivity index (χ0) is 22.9. The third-order valence-corrected chi connectivity index (χ3v) is 5.91. The van der Waals surface area contributed by atoms with E-state index in [1.165, 1.54) is 12.1 Å². The number of aromatic nitrogens is 2. The van der Waals surface area contributed by atoms with Crippen molar-refractivity contribution < 1.29 is 8.91 Å². The predicted molar refractivity (Wildman–Crippen MR) is 131 cm³/mol. The van der Waals surface area contributed by atoms with Crippen LogP contribution in [0.25, 0.3) is 17.0 Å². The maximum Gasteiger partial charge on any atom is 0.258 e. The van der Waals surface area contributed by atoms with Crippen LogP contribution in [0.3, 0.4) is 0 Å². The number of allylic oxidation sites excluding steroid dienone is 1. The van der Waals surface area contributed by atoms with Crippen molar-refractivity contribution in [1.29, 1.82) is 0 Å². The molecule has 33 heavy (non-hydrogen) atoms. The Morgan fingerprint density at radius 3 is 2.52 bits per heavy atom. The van der Waals surface area contributed by atoms with Gasteiger partial charge in [0.2, 0.25) is 5.82 Å². The Labute approximate surface area is 196 Å². The van der Waals surface area contributed by atoms with Crippen LogP contribution in [-0.2, 0) is 0 Å². The molecule has 0 spiro atoms. The maximum atomic E-state index is 14.1. The van der Waals surface area contributed by atoms with Gasteiger partial charge in [-0.25, -0.2) is 4.39 Å². The second-order valence-corrected chi connectivity index (χ2v) is 8.29. The molecule has 1 aliphatic rings. The first-order valence-electron chi connectivity index (χ1n) is 10.5. The fourth-order valence-corrected chi connectivity index (χ4v) is 4.44. The van der Waals surface area contributed by atoms with E-state index in [2.05, 4.69) is 10.5 Å². The molecule has 7 heteroatoms. The van der Waals surface area contributed by atoms with Gasteiger partial charge in [-0.3, -0.25) is 4.90 Å². The summed E-state index contributed by atoms with van der Waals surface area (Å²) in [5.74, 6) is 0.522. The number of nitrogens with zero attached hydrogens (tertiary/aromatic N) is 3. The van der Waals surface area contributed by atoms with Gasteiger partial charge in [-0.2, -0.15) is 4.98 Å². The third-order valence-electron chi connectivity index (χ3n) is 5.61. The molecule has 5 nitrogen and oxygen atoms in total. The average molecular weight is 457 g/mol. The molecule has 0 bridgehead atoms. The summed E-state index contributed by atoms with van der Waals surface area (Å²) in [4.78, 5) is 6.64. The molecule has 0 saturated heterocycles. The fourth-order valence-electron chi connectivity index (χ4n) is 4.08. The number of aryl methyl sites for hydroxylation is 1. The van der Waals surface area contributed by atoms with E-state index in [0.29, 0.717) is 16.8 Å². The lowest BCUT2D eigenvalue weighted by atomic mass is 9.94. The van der Waals surface area contributed by atoms with Crippen molar-refractivity contribution in [2.45, 2.75) is 19.9 Å². The Kier molecular flexibility index (Phi) is 5.48. The Morgan fingerprint density at radius 2 is 1.76 bits per heavy atom. The molecule has 4 aromatic rings. The van der Waals surface area contributed by atoms with Crippen LogP contribution in [0, 0.1) is 12.7 Å². The van der Waals surface area contributed by atoms with Gasteiger partial charge in [0.25, 0.3) is 5.89 Å². The minimum atomic E-state index is -0.445. The first-order chi connectivity index (χ1) is 16.0. The summed E-state index contributed by atoms with van der Waals surface area (Å²) in [6.45, 7) is 3.97. The van der Waals surface area contributed by atoms with Crippen LogP contribution >= 0.6 is 12.2 Å². The molecule has 1 unspecified atom stereocenters. The average Bonchev–Trinajstić information content (AvgIpc) is 3.29. The Balaban J connectivity index is 1.67. The molecule has 0 fully saturated rings. The zero-order valence-corrected chi connectivity index (χ0v) is 18.9. The number of nitrogens with one attached hydrogen (secondary N) is 1. The molecule has 1 aliphatic heterocycles. The number of hydrogen-bond donors (Lipinski definition) is 1. The Bertz CT molecular complexity index is 1370. The normalized spacial score (nSPS) is 16.2. The second kappa shape index (κ2) is 8.60. The molecule has 1 aromatic heterocycles. The molecule has 164 valence electrons. The molecule has 1 N–H and O–H groups in total. The standard InChI is InChI=1S/C26H21FN4OS/c1-16-8-6-10-19(14-16)24-29-25(32-30-24)22-17(2)31(21-12-4-3-5-13-21)26(33)28-23(22)18-9-7-11-20(27)15-18/h3-15,23H,1-2H3,(H,28,33). The van der Waals surface area contributed by atoms with Gasteiger partial charge in [0.05, 0.1) is 11.6 Å². The van der Waals surface area contributed by atoms with E-state index in [9.17, 15) is 4.39 Å². The van der Waals surface area contributed by atoms with Crippen LogP contribution in [0.2, 0.25) is 0 Å². The van der Waals surface area contributed by atoms with E-state index in [-0.39, 0.29) is 5.82 Å². The van der Waals surface area contributed by atoms with E-state index >= 15 is 0 Å². The number of thiocarbonyl (C=S) groups is 1. The maximum absolute atomic E-state index is 14.1. The molecular formula is C26H21FN4OS. The SMILES string of the molecule is CC1=C(c2nc(-c3cccc(C)c3)no2)C(c2cccc(F)c2)NC(=S)N1c1ccccc1. The van der Waals surface area contributed by atoms with E-state index in [4.69, 9.17) is 21.7 Å². The highest BCUT2D eigenvalue weighted by atomic mass is 32.1. The van der Waals surface area contributed by atoms with E-state index in [1.807, 2.05) is 79.4 Å². The predicted octanol–water partition coefficient (Wildman–Crippen LogP) is 6.05. The summed E-state index contributed by atoms with van der Waals surface area (Å²) in [6, 6.07) is 23.7. The van der Waals surface area contributed by atoms with Crippen molar-refractivity contribution in [2.24, 2.45) is 0 Å². The topological polar surface area (TPSA) is 54.2 Å². The van der Waals surface area contributed by atoms with E-state index in [0.717, 1.165) is 33.6 Å². The molecule has 0 radical (unpaired) electrons. The van der Waals surface area contributed by atoms with Crippen molar-refractivity contribution in [1.82, 2.24) is 15.5 Å². The first-order valence-corrected chi connectivity index (χ1v) is 10.9. The highest BCUT2D eigenvalue weighted by Crippen LogP contribution is 2.39. The molecule has 0 aliphatic carbocycles. The van der Waals surface area contributed by atoms with Gasteiger partial charge in [0.1, 0.15) is 5.82 Å². The van der Waals surface area contributed by atoms with Gasteiger partial charge in [0.15, 0.2) is 5.11 Å². The molecule has 0 amide bonds. The van der Waals surface area contributed by atoms with E-state index in [1.54, 1.807) is 6.07 Å². The van der Waals surface area contributed by atoms with Crippen LogP contribution in [0.5, 0.6) is 0 Å². The van der Waals surface area contributed by atoms with Crippen molar-refractivity contribution >= 4 is 28.6 Å². The van der Waals surface area contributed by atoms with Crippen LogP contribution in [-0.4, -0.2) is 15.3 Å². The van der Waals surface area contributed by atoms with Crippen molar-refractivity contribution in [3.8, 4) is 11.4 Å². The smallest absolute Gasteiger partial charge is 0.258 e. The molecule has 2 heterocycles. The van der Waals surface area contributed by atoms with Gasteiger partial charge < -0.3 is 9.84 Å². The van der Waals surface area contributed by atoms with E-state index < -0.39 is 6.04 Å². The summed E-state index contributed by atoms with van der Waals surface area (Å²) >= 11 is 5.72. The van der Waals surface area contributed by atoms with Gasteiger partial charge in [-0.15, -0.1) is 0 Å². The minimum absolute atomic E-state index is 0.325. The van der Waals surface area contributed by atoms with Gasteiger partial charge >= 0.3 is 0 Å². The largest absolute Gasteiger partial charge is 0.351 e. The van der Waals surface area contributed by atoms with Crippen molar-refractivity contribution in [3.05, 3.63) is 107 Å². The quantitative estimate of drug-likeness (QED) is 0.377. The molecule has 3 aromatic carbocycles. The summed E-state index contributed by atoms with van der Waals surface area (Å²) in [5.41, 5.74) is 5.16. The molecule has 5 rings (SSSR count). The summed E-state index contributed by atoms with van der Waals surface area (Å²) < 4.78 is 19.9. The van der Waals surface area contributed by atoms with Gasteiger partial charge in [-0.1, -0.05) is 59.3 Å². The van der Waals surface area contributed by atoms with Crippen molar-refractivity contribution in [3.63, 3.8) is 0 Å². The van der Waals surface area contributed by atoms with Crippen LogP contribution < -0.4 is 10.2 Å². The molecule has 0 saturated carbocycles. The molecular weight excluding hydrogens is 435 g/mol. The lowest BCUT2D eigenvalue weighted by Crippen LogP contribution is -2.46. The van der Waals surface area contributed by atoms with Crippen LogP contribution in [0.15, 0.2) is 89.1 Å². The first kappa shape index (κ1) is 21.0. The number of halogens is 1. The number of benzene rings is 3. The summed E-state index contributed by atoms with van der Waals surface area (Å²) in [6.07, 6.45) is 0. The Morgan fingerprint density at radius 1 is 0.970 bits per heavy atom. The van der Waals surface area contributed by atoms with Crippen LogP contribution in [0.1, 0.15) is 30.0 Å². The third kappa shape index (κ3) is 4.03. The molecule has 1 atom stereocenters. The lowest BCUT2D eigenvalue weighted by Gasteiger charge is -2.37. The monoisotopic (exact) mass is 456 g/mol. The number of para-hydroxylation sites is 1. The fraction of sp³-hybridized carbons (Fsp3) is 0.115. The van der Waals surface area contributed by atoms with Crippen molar-refractivity contribution in [2.75, 3.05) is 4.90 Å². The van der Waals surface area contributed by atoms with Gasteiger partial charge in [0, 0.05) is 16.9 Å². The second-order valence-electron chi connectivity index (χ2n) is 7.90. The number of anilines is 1. The van der Waals surface area contributed by atoms with Crippen LogP contribution in [0.4, 0.5) is 10.1 Å².